The third kappa shape index (κ3) is 4.37. The third-order valence-electron chi connectivity index (χ3n) is 3.02. The third-order valence-corrected chi connectivity index (χ3v) is 4.04. The first-order valence-electron chi connectivity index (χ1n) is 7.01. The first kappa shape index (κ1) is 15.2. The molecular formula is C17H14N4OS. The van der Waals surface area contributed by atoms with Gasteiger partial charge in [-0.3, -0.25) is 4.79 Å². The number of benzene rings is 1. The van der Waals surface area contributed by atoms with Crippen molar-refractivity contribution in [3.63, 3.8) is 0 Å². The van der Waals surface area contributed by atoms with E-state index in [1.807, 2.05) is 42.5 Å². The molecule has 2 aromatic heterocycles. The molecule has 0 spiro atoms. The van der Waals surface area contributed by atoms with Crippen LogP contribution in [0.4, 0.5) is 5.69 Å². The Hall–Kier alpha value is -2.73. The van der Waals surface area contributed by atoms with Crippen LogP contribution in [-0.4, -0.2) is 20.9 Å². The molecule has 3 aromatic rings. The second kappa shape index (κ2) is 7.51. The van der Waals surface area contributed by atoms with E-state index in [2.05, 4.69) is 20.3 Å². The summed E-state index contributed by atoms with van der Waals surface area (Å²) in [7, 11) is 0. The fraction of sp³-hybridized carbons (Fsp3) is 0.0588. The molecule has 0 aliphatic rings. The van der Waals surface area contributed by atoms with E-state index in [-0.39, 0.29) is 5.91 Å². The van der Waals surface area contributed by atoms with E-state index in [1.54, 1.807) is 30.2 Å². The lowest BCUT2D eigenvalue weighted by atomic mass is 10.2. The highest BCUT2D eigenvalue weighted by Crippen LogP contribution is 2.22. The average molecular weight is 322 g/mol. The Labute approximate surface area is 138 Å². The summed E-state index contributed by atoms with van der Waals surface area (Å²) < 4.78 is 0. The first-order valence-corrected chi connectivity index (χ1v) is 8.00. The number of carbonyl (C=O) groups is 1. The van der Waals surface area contributed by atoms with Gasteiger partial charge < -0.3 is 5.32 Å². The van der Waals surface area contributed by atoms with Crippen molar-refractivity contribution in [1.82, 2.24) is 15.0 Å². The molecule has 0 atom stereocenters. The molecule has 5 nitrogen and oxygen atoms in total. The molecule has 0 saturated heterocycles. The predicted octanol–water partition coefficient (Wildman–Crippen LogP) is 3.42. The van der Waals surface area contributed by atoms with Gasteiger partial charge in [0.05, 0.1) is 5.03 Å². The summed E-state index contributed by atoms with van der Waals surface area (Å²) in [5.41, 5.74) is 2.20. The molecule has 0 aliphatic heterocycles. The highest BCUT2D eigenvalue weighted by Gasteiger charge is 2.07. The fourth-order valence-electron chi connectivity index (χ4n) is 1.95. The van der Waals surface area contributed by atoms with Crippen molar-refractivity contribution >= 4 is 23.4 Å². The molecule has 6 heteroatoms. The molecule has 0 fully saturated rings. The zero-order valence-electron chi connectivity index (χ0n) is 12.2. The van der Waals surface area contributed by atoms with Gasteiger partial charge in [-0.05, 0) is 35.9 Å². The Morgan fingerprint density at radius 2 is 2.00 bits per heavy atom. The standard InChI is InChI=1S/C17H14N4OS/c22-17(15-7-9-18-12-20-15)21-14-5-3-4-13(10-14)11-23-16-6-1-2-8-19-16/h1-10,12H,11H2,(H,21,22). The summed E-state index contributed by atoms with van der Waals surface area (Å²) in [6.45, 7) is 0. The van der Waals surface area contributed by atoms with Crippen molar-refractivity contribution in [2.24, 2.45) is 0 Å². The number of thioether (sulfide) groups is 1. The summed E-state index contributed by atoms with van der Waals surface area (Å²) in [6.07, 6.45) is 4.68. The molecule has 1 aromatic carbocycles. The lowest BCUT2D eigenvalue weighted by Crippen LogP contribution is -2.13. The normalized spacial score (nSPS) is 10.3. The smallest absolute Gasteiger partial charge is 0.274 e. The molecule has 114 valence electrons. The number of anilines is 1. The van der Waals surface area contributed by atoms with Crippen molar-refractivity contribution in [3.8, 4) is 0 Å². The number of carbonyl (C=O) groups excluding carboxylic acids is 1. The zero-order chi connectivity index (χ0) is 15.9. The van der Waals surface area contributed by atoms with Gasteiger partial charge in [-0.1, -0.05) is 18.2 Å². The molecule has 0 aliphatic carbocycles. The van der Waals surface area contributed by atoms with Crippen LogP contribution >= 0.6 is 11.8 Å². The number of nitrogens with one attached hydrogen (secondary N) is 1. The number of nitrogens with zero attached hydrogens (tertiary/aromatic N) is 3. The molecule has 1 N–H and O–H groups in total. The van der Waals surface area contributed by atoms with Crippen LogP contribution in [0.3, 0.4) is 0 Å². The summed E-state index contributed by atoms with van der Waals surface area (Å²) in [4.78, 5) is 24.1. The van der Waals surface area contributed by atoms with Crippen molar-refractivity contribution in [2.75, 3.05) is 5.32 Å². The van der Waals surface area contributed by atoms with Crippen molar-refractivity contribution in [3.05, 3.63) is 78.5 Å². The van der Waals surface area contributed by atoms with E-state index >= 15 is 0 Å². The molecule has 2 heterocycles. The quantitative estimate of drug-likeness (QED) is 0.729. The van der Waals surface area contributed by atoms with Gasteiger partial charge in [-0.15, -0.1) is 11.8 Å². The van der Waals surface area contributed by atoms with Crippen LogP contribution in [0.1, 0.15) is 16.1 Å². The number of aromatic nitrogens is 3. The van der Waals surface area contributed by atoms with Gasteiger partial charge in [-0.25, -0.2) is 15.0 Å². The van der Waals surface area contributed by atoms with Gasteiger partial charge in [0.1, 0.15) is 12.0 Å². The van der Waals surface area contributed by atoms with Gasteiger partial charge in [0.15, 0.2) is 0 Å². The Bertz CT molecular complexity index is 781. The van der Waals surface area contributed by atoms with Crippen LogP contribution in [0.5, 0.6) is 0 Å². The summed E-state index contributed by atoms with van der Waals surface area (Å²) in [5, 5.41) is 3.82. The second-order valence-electron chi connectivity index (χ2n) is 4.71. The maximum Gasteiger partial charge on any atom is 0.274 e. The zero-order valence-corrected chi connectivity index (χ0v) is 13.0. The molecule has 0 unspecified atom stereocenters. The van der Waals surface area contributed by atoms with Gasteiger partial charge in [0.2, 0.25) is 0 Å². The Kier molecular flexibility index (Phi) is 4.95. The highest BCUT2D eigenvalue weighted by atomic mass is 32.2. The van der Waals surface area contributed by atoms with Gasteiger partial charge >= 0.3 is 0 Å². The average Bonchev–Trinajstić information content (AvgIpc) is 2.62. The van der Waals surface area contributed by atoms with Crippen LogP contribution in [0, 0.1) is 0 Å². The highest BCUT2D eigenvalue weighted by molar-refractivity contribution is 7.98. The Morgan fingerprint density at radius 3 is 2.78 bits per heavy atom. The molecular weight excluding hydrogens is 308 g/mol. The van der Waals surface area contributed by atoms with Gasteiger partial charge in [0, 0.05) is 23.8 Å². The minimum absolute atomic E-state index is 0.248. The molecule has 0 bridgehead atoms. The first-order chi connectivity index (χ1) is 11.3. The van der Waals surface area contributed by atoms with E-state index < -0.39 is 0 Å². The van der Waals surface area contributed by atoms with Crippen LogP contribution in [0.15, 0.2) is 72.3 Å². The van der Waals surface area contributed by atoms with E-state index in [0.717, 1.165) is 22.0 Å². The molecule has 0 saturated carbocycles. The van der Waals surface area contributed by atoms with Crippen LogP contribution in [0.25, 0.3) is 0 Å². The van der Waals surface area contributed by atoms with Crippen LogP contribution in [-0.2, 0) is 5.75 Å². The topological polar surface area (TPSA) is 67.8 Å². The fourth-order valence-corrected chi connectivity index (χ4v) is 2.75. The molecule has 0 radical (unpaired) electrons. The van der Waals surface area contributed by atoms with Crippen LogP contribution < -0.4 is 5.32 Å². The largest absolute Gasteiger partial charge is 0.321 e. The van der Waals surface area contributed by atoms with E-state index in [4.69, 9.17) is 0 Å². The summed E-state index contributed by atoms with van der Waals surface area (Å²) in [5.74, 6) is 0.538. The number of amides is 1. The predicted molar refractivity (Wildman–Crippen MR) is 90.2 cm³/mol. The Balaban J connectivity index is 1.64. The van der Waals surface area contributed by atoms with Crippen LogP contribution in [0.2, 0.25) is 0 Å². The molecule has 23 heavy (non-hydrogen) atoms. The van der Waals surface area contributed by atoms with Gasteiger partial charge in [-0.2, -0.15) is 0 Å². The maximum atomic E-state index is 12.1. The second-order valence-corrected chi connectivity index (χ2v) is 5.70. The lowest BCUT2D eigenvalue weighted by Gasteiger charge is -2.07. The Morgan fingerprint density at radius 1 is 1.04 bits per heavy atom. The monoisotopic (exact) mass is 322 g/mol. The van der Waals surface area contributed by atoms with Crippen molar-refractivity contribution in [1.29, 1.82) is 0 Å². The number of rotatable bonds is 5. The number of pyridine rings is 1. The summed E-state index contributed by atoms with van der Waals surface area (Å²) >= 11 is 1.65. The van der Waals surface area contributed by atoms with Crippen molar-refractivity contribution < 1.29 is 4.79 Å². The number of hydrogen-bond acceptors (Lipinski definition) is 5. The molecule has 3 rings (SSSR count). The summed E-state index contributed by atoms with van der Waals surface area (Å²) in [6, 6.07) is 15.2. The van der Waals surface area contributed by atoms with E-state index in [9.17, 15) is 4.79 Å². The van der Waals surface area contributed by atoms with Crippen molar-refractivity contribution in [2.45, 2.75) is 10.8 Å². The van der Waals surface area contributed by atoms with E-state index in [0.29, 0.717) is 5.69 Å². The minimum atomic E-state index is -0.248. The molecule has 1 amide bonds. The van der Waals surface area contributed by atoms with E-state index in [1.165, 1.54) is 6.33 Å². The lowest BCUT2D eigenvalue weighted by molar-refractivity contribution is 0.102. The number of hydrogen-bond donors (Lipinski definition) is 1. The van der Waals surface area contributed by atoms with Gasteiger partial charge in [0.25, 0.3) is 5.91 Å². The maximum absolute atomic E-state index is 12.1. The SMILES string of the molecule is O=C(Nc1cccc(CSc2ccccn2)c1)c1ccncn1. The minimum Gasteiger partial charge on any atom is -0.321 e.